The third-order valence-corrected chi connectivity index (χ3v) is 4.96. The Labute approximate surface area is 145 Å². The number of aliphatic carboxylic acids is 1. The van der Waals surface area contributed by atoms with Crippen molar-refractivity contribution in [3.05, 3.63) is 29.6 Å². The number of likely N-dealkylation sites (tertiary alicyclic amines) is 1. The second-order valence-corrected chi connectivity index (χ2v) is 6.75. The number of carboxylic acid groups (broad SMARTS) is 1. The topological polar surface area (TPSA) is 86.7 Å². The van der Waals surface area contributed by atoms with Crippen molar-refractivity contribution in [2.45, 2.75) is 44.6 Å². The van der Waals surface area contributed by atoms with Crippen LogP contribution in [0, 0.1) is 11.7 Å². The van der Waals surface area contributed by atoms with Crippen molar-refractivity contribution < 1.29 is 23.9 Å². The van der Waals surface area contributed by atoms with Crippen molar-refractivity contribution in [2.75, 3.05) is 11.9 Å². The molecule has 2 fully saturated rings. The van der Waals surface area contributed by atoms with Gasteiger partial charge in [0.1, 0.15) is 5.82 Å². The third kappa shape index (κ3) is 3.97. The van der Waals surface area contributed by atoms with Crippen LogP contribution in [0.15, 0.2) is 18.2 Å². The molecule has 7 heteroatoms. The molecule has 1 heterocycles. The maximum atomic E-state index is 13.9. The van der Waals surface area contributed by atoms with Gasteiger partial charge >= 0.3 is 5.97 Å². The number of benzene rings is 1. The van der Waals surface area contributed by atoms with Gasteiger partial charge in [-0.15, -0.1) is 0 Å². The molecule has 1 aromatic rings. The number of hydrogen-bond donors (Lipinski definition) is 2. The van der Waals surface area contributed by atoms with Crippen LogP contribution in [0.3, 0.4) is 0 Å². The van der Waals surface area contributed by atoms with Gasteiger partial charge in [-0.1, -0.05) is 18.9 Å². The van der Waals surface area contributed by atoms with E-state index in [4.69, 9.17) is 5.11 Å². The number of carbonyl (C=O) groups excluding carboxylic acids is 2. The van der Waals surface area contributed by atoms with Crippen LogP contribution in [0.2, 0.25) is 0 Å². The van der Waals surface area contributed by atoms with Crippen LogP contribution in [-0.2, 0) is 20.8 Å². The van der Waals surface area contributed by atoms with Crippen LogP contribution in [-0.4, -0.2) is 40.4 Å². The fourth-order valence-corrected chi connectivity index (χ4v) is 3.65. The van der Waals surface area contributed by atoms with Crippen LogP contribution in [0.5, 0.6) is 0 Å². The second kappa shape index (κ2) is 7.21. The van der Waals surface area contributed by atoms with E-state index < -0.39 is 24.1 Å². The Hall–Kier alpha value is -2.44. The number of hydrogen-bond acceptors (Lipinski definition) is 3. The molecule has 134 valence electrons. The van der Waals surface area contributed by atoms with Crippen molar-refractivity contribution in [1.29, 1.82) is 0 Å². The molecule has 2 amide bonds. The summed E-state index contributed by atoms with van der Waals surface area (Å²) in [7, 11) is 0. The van der Waals surface area contributed by atoms with E-state index in [1.165, 1.54) is 12.1 Å². The monoisotopic (exact) mass is 348 g/mol. The van der Waals surface area contributed by atoms with E-state index in [0.717, 1.165) is 31.7 Å². The quantitative estimate of drug-likeness (QED) is 0.854. The van der Waals surface area contributed by atoms with Crippen LogP contribution in [0.4, 0.5) is 10.1 Å². The van der Waals surface area contributed by atoms with E-state index in [1.807, 2.05) is 4.90 Å². The molecule has 0 unspecified atom stereocenters. The van der Waals surface area contributed by atoms with Gasteiger partial charge in [0.15, 0.2) is 0 Å². The van der Waals surface area contributed by atoms with E-state index in [9.17, 15) is 18.8 Å². The van der Waals surface area contributed by atoms with E-state index in [2.05, 4.69) is 5.32 Å². The summed E-state index contributed by atoms with van der Waals surface area (Å²) in [6, 6.07) is 4.19. The maximum Gasteiger partial charge on any atom is 0.307 e. The lowest BCUT2D eigenvalue weighted by Gasteiger charge is -2.23. The third-order valence-electron chi connectivity index (χ3n) is 4.96. The highest BCUT2D eigenvalue weighted by Crippen LogP contribution is 2.30. The Morgan fingerprint density at radius 1 is 1.28 bits per heavy atom. The first-order chi connectivity index (χ1) is 11.9. The summed E-state index contributed by atoms with van der Waals surface area (Å²) in [6.07, 6.45) is 4.00. The average molecular weight is 348 g/mol. The van der Waals surface area contributed by atoms with Crippen LogP contribution >= 0.6 is 0 Å². The Balaban J connectivity index is 1.61. The van der Waals surface area contributed by atoms with Crippen molar-refractivity contribution in [3.8, 4) is 0 Å². The molecule has 25 heavy (non-hydrogen) atoms. The Morgan fingerprint density at radius 3 is 2.64 bits per heavy atom. The number of carboxylic acids is 1. The number of halogens is 1. The number of carbonyl (C=O) groups is 3. The number of rotatable bonds is 5. The predicted molar refractivity (Wildman–Crippen MR) is 88.4 cm³/mol. The molecule has 6 nitrogen and oxygen atoms in total. The Bertz CT molecular complexity index is 700. The van der Waals surface area contributed by atoms with Gasteiger partial charge in [0.25, 0.3) is 0 Å². The van der Waals surface area contributed by atoms with Gasteiger partial charge in [-0.05, 0) is 30.5 Å². The van der Waals surface area contributed by atoms with Gasteiger partial charge in [-0.25, -0.2) is 4.39 Å². The van der Waals surface area contributed by atoms with Gasteiger partial charge < -0.3 is 15.3 Å². The smallest absolute Gasteiger partial charge is 0.307 e. The summed E-state index contributed by atoms with van der Waals surface area (Å²) in [6.45, 7) is 0.412. The molecule has 0 spiro atoms. The molecule has 1 atom stereocenters. The minimum atomic E-state index is -1.12. The highest BCUT2D eigenvalue weighted by Gasteiger charge is 2.38. The molecule has 1 aliphatic carbocycles. The van der Waals surface area contributed by atoms with Gasteiger partial charge in [0, 0.05) is 24.7 Å². The minimum Gasteiger partial charge on any atom is -0.481 e. The zero-order valence-corrected chi connectivity index (χ0v) is 13.8. The first kappa shape index (κ1) is 17.4. The number of nitrogens with one attached hydrogen (secondary N) is 1. The van der Waals surface area contributed by atoms with E-state index >= 15 is 0 Å². The normalized spacial score (nSPS) is 20.9. The molecule has 0 bridgehead atoms. The molecule has 1 saturated heterocycles. The molecular formula is C18H21FN2O4. The number of nitrogens with zero attached hydrogens (tertiary/aromatic N) is 1. The Morgan fingerprint density at radius 2 is 2.00 bits per heavy atom. The highest BCUT2D eigenvalue weighted by atomic mass is 19.1. The first-order valence-corrected chi connectivity index (χ1v) is 8.54. The summed E-state index contributed by atoms with van der Waals surface area (Å²) in [5, 5.41) is 11.3. The molecule has 1 aromatic carbocycles. The zero-order valence-electron chi connectivity index (χ0n) is 13.8. The largest absolute Gasteiger partial charge is 0.481 e. The lowest BCUT2D eigenvalue weighted by atomic mass is 10.1. The summed E-state index contributed by atoms with van der Waals surface area (Å²) < 4.78 is 13.9. The molecule has 2 N–H and O–H groups in total. The van der Waals surface area contributed by atoms with Gasteiger partial charge in [0.2, 0.25) is 11.8 Å². The molecule has 0 aromatic heterocycles. The van der Waals surface area contributed by atoms with Crippen LogP contribution in [0.1, 0.15) is 37.7 Å². The average Bonchev–Trinajstić information content (AvgIpc) is 3.18. The van der Waals surface area contributed by atoms with Crippen LogP contribution in [0.25, 0.3) is 0 Å². The SMILES string of the molecule is O=C(O)Cc1ccc(NC(=O)[C@H]2CC(=O)N(C3CCCC3)C2)cc1F. The molecule has 2 aliphatic rings. The number of anilines is 1. The molecule has 0 radical (unpaired) electrons. The van der Waals surface area contributed by atoms with Gasteiger partial charge in [-0.3, -0.25) is 14.4 Å². The van der Waals surface area contributed by atoms with Gasteiger partial charge in [-0.2, -0.15) is 0 Å². The number of amides is 2. The summed E-state index contributed by atoms with van der Waals surface area (Å²) >= 11 is 0. The van der Waals surface area contributed by atoms with Crippen LogP contribution < -0.4 is 5.32 Å². The minimum absolute atomic E-state index is 0.00929. The lowest BCUT2D eigenvalue weighted by Crippen LogP contribution is -2.35. The maximum absolute atomic E-state index is 13.9. The summed E-state index contributed by atoms with van der Waals surface area (Å²) in [5.74, 6) is -2.52. The van der Waals surface area contributed by atoms with Crippen molar-refractivity contribution in [2.24, 2.45) is 5.92 Å². The predicted octanol–water partition coefficient (Wildman–Crippen LogP) is 2.18. The summed E-state index contributed by atoms with van der Waals surface area (Å²) in [5.41, 5.74) is 0.331. The van der Waals surface area contributed by atoms with Crippen molar-refractivity contribution >= 4 is 23.5 Å². The fraction of sp³-hybridized carbons (Fsp3) is 0.500. The standard InChI is InChI=1S/C18H21FN2O4/c19-15-9-13(6-5-11(15)8-17(23)24)20-18(25)12-7-16(22)21(10-12)14-3-1-2-4-14/h5-6,9,12,14H,1-4,7-8,10H2,(H,20,25)(H,23,24)/t12-/m0/s1. The lowest BCUT2D eigenvalue weighted by molar-refractivity contribution is -0.136. The molecule has 3 rings (SSSR count). The van der Waals surface area contributed by atoms with E-state index in [0.29, 0.717) is 6.54 Å². The van der Waals surface area contributed by atoms with Crippen molar-refractivity contribution in [1.82, 2.24) is 4.90 Å². The fourth-order valence-electron chi connectivity index (χ4n) is 3.65. The van der Waals surface area contributed by atoms with Crippen molar-refractivity contribution in [3.63, 3.8) is 0 Å². The second-order valence-electron chi connectivity index (χ2n) is 6.75. The molecular weight excluding hydrogens is 327 g/mol. The van der Waals surface area contributed by atoms with E-state index in [1.54, 1.807) is 0 Å². The van der Waals surface area contributed by atoms with E-state index in [-0.39, 0.29) is 35.5 Å². The Kier molecular flexibility index (Phi) is 5.01. The molecule has 1 saturated carbocycles. The summed E-state index contributed by atoms with van der Waals surface area (Å²) in [4.78, 5) is 37.0. The highest BCUT2D eigenvalue weighted by molar-refractivity contribution is 5.97. The molecule has 1 aliphatic heterocycles. The van der Waals surface area contributed by atoms with Gasteiger partial charge in [0.05, 0.1) is 12.3 Å². The first-order valence-electron chi connectivity index (χ1n) is 8.54. The zero-order chi connectivity index (χ0) is 18.0.